The molecule has 1 N–H and O–H groups in total. The molecule has 0 bridgehead atoms. The molecule has 1 fully saturated rings. The summed E-state index contributed by atoms with van der Waals surface area (Å²) in [6, 6.07) is -0.469. The monoisotopic (exact) mass is 270 g/mol. The Balaban J connectivity index is 2.50. The number of thioether (sulfide) groups is 1. The van der Waals surface area contributed by atoms with Crippen molar-refractivity contribution in [3.63, 3.8) is 0 Å². The number of nitrogens with one attached hydrogen (secondary N) is 1. The van der Waals surface area contributed by atoms with Crippen molar-refractivity contribution in [1.82, 2.24) is 10.2 Å². The summed E-state index contributed by atoms with van der Waals surface area (Å²) in [5.74, 6) is -1.23. The van der Waals surface area contributed by atoms with Crippen LogP contribution in [0.1, 0.15) is 13.3 Å². The highest BCUT2D eigenvalue weighted by molar-refractivity contribution is 8.00. The van der Waals surface area contributed by atoms with Crippen LogP contribution < -0.4 is 5.32 Å². The first-order valence-electron chi connectivity index (χ1n) is 5.13. The third-order valence-electron chi connectivity index (χ3n) is 2.35. The van der Waals surface area contributed by atoms with Crippen molar-refractivity contribution in [1.29, 1.82) is 0 Å². The number of rotatable bonds is 4. The van der Waals surface area contributed by atoms with Crippen LogP contribution in [0.2, 0.25) is 0 Å². The first-order chi connectivity index (χ1) is 7.85. The second-order valence-corrected chi connectivity index (χ2v) is 4.68. The largest absolute Gasteiger partial charge is 0.441 e. The molecule has 1 rings (SSSR count). The van der Waals surface area contributed by atoms with Gasteiger partial charge in [0, 0.05) is 12.3 Å². The molecule has 1 heterocycles. The van der Waals surface area contributed by atoms with E-state index < -0.39 is 23.4 Å². The number of carbonyl (C=O) groups is 2. The highest BCUT2D eigenvalue weighted by Gasteiger charge is 2.34. The van der Waals surface area contributed by atoms with Gasteiger partial charge in [-0.15, -0.1) is 0 Å². The molecule has 0 spiro atoms. The quantitative estimate of drug-likeness (QED) is 0.774. The predicted octanol–water partition coefficient (Wildman–Crippen LogP) is 0.976. The van der Waals surface area contributed by atoms with Gasteiger partial charge in [-0.25, -0.2) is 0 Å². The summed E-state index contributed by atoms with van der Waals surface area (Å²) < 4.78 is 35.7. The Bertz CT molecular complexity index is 309. The van der Waals surface area contributed by atoms with Crippen LogP contribution in [-0.2, 0) is 9.59 Å². The maximum absolute atomic E-state index is 11.9. The van der Waals surface area contributed by atoms with Crippen LogP contribution in [0.3, 0.4) is 0 Å². The van der Waals surface area contributed by atoms with Gasteiger partial charge >= 0.3 is 5.51 Å². The summed E-state index contributed by atoms with van der Waals surface area (Å²) in [6.45, 7) is 1.58. The lowest BCUT2D eigenvalue weighted by molar-refractivity contribution is -0.148. The van der Waals surface area contributed by atoms with E-state index in [9.17, 15) is 22.8 Å². The molecule has 98 valence electrons. The molecule has 0 aliphatic carbocycles. The third kappa shape index (κ3) is 4.19. The molecule has 4 nitrogen and oxygen atoms in total. The van der Waals surface area contributed by atoms with Gasteiger partial charge in [-0.2, -0.15) is 13.2 Å². The zero-order valence-electron chi connectivity index (χ0n) is 9.21. The van der Waals surface area contributed by atoms with Crippen LogP contribution in [0.15, 0.2) is 0 Å². The van der Waals surface area contributed by atoms with E-state index in [2.05, 4.69) is 5.32 Å². The van der Waals surface area contributed by atoms with E-state index in [-0.39, 0.29) is 30.6 Å². The van der Waals surface area contributed by atoms with Crippen molar-refractivity contribution in [2.45, 2.75) is 24.9 Å². The van der Waals surface area contributed by atoms with E-state index >= 15 is 0 Å². The van der Waals surface area contributed by atoms with Crippen LogP contribution in [0.5, 0.6) is 0 Å². The lowest BCUT2D eigenvalue weighted by atomic mass is 10.1. The fourth-order valence-corrected chi connectivity index (χ4v) is 2.02. The van der Waals surface area contributed by atoms with E-state index in [1.807, 2.05) is 0 Å². The second kappa shape index (κ2) is 5.72. The van der Waals surface area contributed by atoms with Gasteiger partial charge in [0.1, 0.15) is 0 Å². The summed E-state index contributed by atoms with van der Waals surface area (Å²) in [5.41, 5.74) is -4.33. The minimum atomic E-state index is -4.33. The summed E-state index contributed by atoms with van der Waals surface area (Å²) in [7, 11) is 0. The Morgan fingerprint density at radius 3 is 2.65 bits per heavy atom. The minimum Gasteiger partial charge on any atom is -0.297 e. The molecule has 0 aromatic heterocycles. The van der Waals surface area contributed by atoms with Crippen molar-refractivity contribution in [3.05, 3.63) is 0 Å². The minimum absolute atomic E-state index is 0.000924. The van der Waals surface area contributed by atoms with Crippen molar-refractivity contribution < 1.29 is 22.8 Å². The highest BCUT2D eigenvalue weighted by atomic mass is 32.2. The Labute approximate surface area is 101 Å². The Morgan fingerprint density at radius 1 is 1.47 bits per heavy atom. The molecule has 2 amide bonds. The number of carbonyl (C=O) groups excluding carboxylic acids is 2. The molecule has 8 heteroatoms. The maximum Gasteiger partial charge on any atom is 0.441 e. The number of hydrogen-bond acceptors (Lipinski definition) is 4. The molecule has 1 atom stereocenters. The molecule has 1 aliphatic heterocycles. The molecule has 1 aliphatic rings. The number of hydrogen-bond donors (Lipinski definition) is 1. The molecule has 17 heavy (non-hydrogen) atoms. The third-order valence-corrected chi connectivity index (χ3v) is 3.07. The van der Waals surface area contributed by atoms with Crippen molar-refractivity contribution in [2.75, 3.05) is 18.8 Å². The molecular formula is C9H13F3N2O2S. The summed E-state index contributed by atoms with van der Waals surface area (Å²) in [5, 5.41) is 2.74. The van der Waals surface area contributed by atoms with E-state index in [0.717, 1.165) is 4.90 Å². The number of alkyl halides is 3. The maximum atomic E-state index is 11.9. The van der Waals surface area contributed by atoms with Crippen LogP contribution in [0, 0.1) is 0 Å². The summed E-state index contributed by atoms with van der Waals surface area (Å²) >= 11 is -0.226. The van der Waals surface area contributed by atoms with E-state index in [4.69, 9.17) is 0 Å². The molecule has 1 saturated heterocycles. The van der Waals surface area contributed by atoms with E-state index in [0.29, 0.717) is 6.42 Å². The smallest absolute Gasteiger partial charge is 0.297 e. The van der Waals surface area contributed by atoms with Gasteiger partial charge in [0.05, 0.1) is 12.6 Å². The topological polar surface area (TPSA) is 49.4 Å². The van der Waals surface area contributed by atoms with Gasteiger partial charge < -0.3 is 0 Å². The predicted molar refractivity (Wildman–Crippen MR) is 57.3 cm³/mol. The van der Waals surface area contributed by atoms with Crippen molar-refractivity contribution >= 4 is 23.6 Å². The van der Waals surface area contributed by atoms with Gasteiger partial charge in [-0.1, -0.05) is 6.92 Å². The molecule has 1 unspecified atom stereocenters. The number of nitrogens with zero attached hydrogens (tertiary/aromatic N) is 1. The lowest BCUT2D eigenvalue weighted by Gasteiger charge is -2.30. The van der Waals surface area contributed by atoms with Crippen LogP contribution in [-0.4, -0.2) is 47.1 Å². The average molecular weight is 270 g/mol. The normalized spacial score (nSPS) is 22.1. The Morgan fingerprint density at radius 2 is 2.12 bits per heavy atom. The Kier molecular flexibility index (Phi) is 4.81. The Hall–Kier alpha value is -0.760. The number of halogens is 3. The van der Waals surface area contributed by atoms with Gasteiger partial charge in [-0.3, -0.25) is 19.8 Å². The lowest BCUT2D eigenvalue weighted by Crippen LogP contribution is -2.58. The van der Waals surface area contributed by atoms with Crippen LogP contribution in [0.25, 0.3) is 0 Å². The molecular weight excluding hydrogens is 257 g/mol. The zero-order chi connectivity index (χ0) is 13.1. The number of amides is 2. The summed E-state index contributed by atoms with van der Waals surface area (Å²) in [4.78, 5) is 24.0. The van der Waals surface area contributed by atoms with Gasteiger partial charge in [0.15, 0.2) is 0 Å². The molecule has 0 saturated carbocycles. The molecule has 0 aromatic rings. The standard InChI is InChI=1S/C9H13F3N2O2S/c1-2-6-8(16)14(7(15)5-13-6)3-4-17-9(10,11)12/h6,13H,2-5H2,1H3. The summed E-state index contributed by atoms with van der Waals surface area (Å²) in [6.07, 6.45) is 0.509. The van der Waals surface area contributed by atoms with Gasteiger partial charge in [-0.05, 0) is 18.2 Å². The molecule has 0 radical (unpaired) electrons. The van der Waals surface area contributed by atoms with E-state index in [1.165, 1.54) is 0 Å². The van der Waals surface area contributed by atoms with Crippen molar-refractivity contribution in [2.24, 2.45) is 0 Å². The second-order valence-electron chi connectivity index (χ2n) is 3.52. The zero-order valence-corrected chi connectivity index (χ0v) is 10.0. The van der Waals surface area contributed by atoms with Crippen molar-refractivity contribution in [3.8, 4) is 0 Å². The molecule has 0 aromatic carbocycles. The SMILES string of the molecule is CCC1NCC(=O)N(CCSC(F)(F)F)C1=O. The first kappa shape index (κ1) is 14.3. The highest BCUT2D eigenvalue weighted by Crippen LogP contribution is 2.29. The van der Waals surface area contributed by atoms with Crippen LogP contribution in [0.4, 0.5) is 13.2 Å². The fraction of sp³-hybridized carbons (Fsp3) is 0.778. The van der Waals surface area contributed by atoms with Crippen LogP contribution >= 0.6 is 11.8 Å². The van der Waals surface area contributed by atoms with E-state index in [1.54, 1.807) is 6.92 Å². The van der Waals surface area contributed by atoms with Gasteiger partial charge in [0.25, 0.3) is 0 Å². The number of imide groups is 1. The number of piperazine rings is 1. The van der Waals surface area contributed by atoms with Gasteiger partial charge in [0.2, 0.25) is 11.8 Å². The first-order valence-corrected chi connectivity index (χ1v) is 6.12. The fourth-order valence-electron chi connectivity index (χ4n) is 1.51. The average Bonchev–Trinajstić information content (AvgIpc) is 2.21.